The molecule has 0 bridgehead atoms. The predicted molar refractivity (Wildman–Crippen MR) is 99.6 cm³/mol. The van der Waals surface area contributed by atoms with Crippen LogP contribution in [0.3, 0.4) is 0 Å². The Morgan fingerprint density at radius 2 is 1.96 bits per heavy atom. The lowest BCUT2D eigenvalue weighted by molar-refractivity contribution is 0.0922. The fraction of sp³-hybridized carbons (Fsp3) is 0.400. The number of aromatic nitrogens is 1. The first-order valence-corrected chi connectivity index (χ1v) is 8.84. The molecule has 25 heavy (non-hydrogen) atoms. The number of aryl methyl sites for hydroxylation is 1. The number of nitrogens with one attached hydrogen (secondary N) is 2. The summed E-state index contributed by atoms with van der Waals surface area (Å²) < 4.78 is 5.37. The highest BCUT2D eigenvalue weighted by molar-refractivity contribution is 5.92. The molecular formula is C20H25N3O2. The SMILES string of the molecule is COc1ccc(C)cc1Nc1ccc(C(=O)NC2CCCCC2)nc1. The molecule has 0 aliphatic heterocycles. The lowest BCUT2D eigenvalue weighted by atomic mass is 9.95. The highest BCUT2D eigenvalue weighted by Gasteiger charge is 2.17. The first kappa shape index (κ1) is 17.3. The van der Waals surface area contributed by atoms with Crippen molar-refractivity contribution in [1.29, 1.82) is 0 Å². The van der Waals surface area contributed by atoms with Crippen LogP contribution in [0.5, 0.6) is 5.75 Å². The van der Waals surface area contributed by atoms with Crippen molar-refractivity contribution in [3.63, 3.8) is 0 Å². The Labute approximate surface area is 148 Å². The number of pyridine rings is 1. The van der Waals surface area contributed by atoms with Crippen molar-refractivity contribution in [2.45, 2.75) is 45.1 Å². The van der Waals surface area contributed by atoms with Crippen LogP contribution in [0.2, 0.25) is 0 Å². The molecule has 1 saturated carbocycles. The van der Waals surface area contributed by atoms with E-state index in [1.165, 1.54) is 19.3 Å². The van der Waals surface area contributed by atoms with E-state index in [9.17, 15) is 4.79 Å². The molecule has 3 rings (SSSR count). The van der Waals surface area contributed by atoms with Gasteiger partial charge in [0.25, 0.3) is 5.91 Å². The molecule has 0 spiro atoms. The van der Waals surface area contributed by atoms with Crippen molar-refractivity contribution in [2.75, 3.05) is 12.4 Å². The normalized spacial score (nSPS) is 14.8. The number of hydrogen-bond acceptors (Lipinski definition) is 4. The van der Waals surface area contributed by atoms with E-state index in [-0.39, 0.29) is 11.9 Å². The zero-order valence-electron chi connectivity index (χ0n) is 14.8. The van der Waals surface area contributed by atoms with Crippen LogP contribution >= 0.6 is 0 Å². The number of amides is 1. The quantitative estimate of drug-likeness (QED) is 0.857. The maximum absolute atomic E-state index is 12.3. The summed E-state index contributed by atoms with van der Waals surface area (Å²) in [7, 11) is 1.65. The van der Waals surface area contributed by atoms with Gasteiger partial charge in [-0.25, -0.2) is 4.98 Å². The van der Waals surface area contributed by atoms with Gasteiger partial charge in [-0.05, 0) is 49.6 Å². The van der Waals surface area contributed by atoms with E-state index in [4.69, 9.17) is 4.74 Å². The second-order valence-corrected chi connectivity index (χ2v) is 6.57. The first-order valence-electron chi connectivity index (χ1n) is 8.84. The third-order valence-electron chi connectivity index (χ3n) is 4.57. The monoisotopic (exact) mass is 339 g/mol. The van der Waals surface area contributed by atoms with Crippen molar-refractivity contribution in [3.05, 3.63) is 47.8 Å². The average molecular weight is 339 g/mol. The third kappa shape index (κ3) is 4.50. The zero-order valence-corrected chi connectivity index (χ0v) is 14.8. The Bertz CT molecular complexity index is 722. The lowest BCUT2D eigenvalue weighted by Crippen LogP contribution is -2.36. The summed E-state index contributed by atoms with van der Waals surface area (Å²) in [6, 6.07) is 9.85. The topological polar surface area (TPSA) is 63.2 Å². The molecule has 2 N–H and O–H groups in total. The number of benzene rings is 1. The van der Waals surface area contributed by atoms with Crippen molar-refractivity contribution in [2.24, 2.45) is 0 Å². The van der Waals surface area contributed by atoms with E-state index < -0.39 is 0 Å². The Morgan fingerprint density at radius 1 is 1.16 bits per heavy atom. The molecule has 1 aromatic carbocycles. The first-order chi connectivity index (χ1) is 12.2. The summed E-state index contributed by atoms with van der Waals surface area (Å²) in [6.07, 6.45) is 7.47. The summed E-state index contributed by atoms with van der Waals surface area (Å²) in [5, 5.41) is 6.38. The van der Waals surface area contributed by atoms with E-state index in [0.29, 0.717) is 5.69 Å². The number of methoxy groups -OCH3 is 1. The minimum absolute atomic E-state index is 0.0911. The van der Waals surface area contributed by atoms with Crippen LogP contribution in [0.4, 0.5) is 11.4 Å². The van der Waals surface area contributed by atoms with Crippen LogP contribution in [-0.4, -0.2) is 24.0 Å². The number of nitrogens with zero attached hydrogens (tertiary/aromatic N) is 1. The van der Waals surface area contributed by atoms with Crippen LogP contribution in [0.1, 0.15) is 48.2 Å². The van der Waals surface area contributed by atoms with Crippen LogP contribution in [0.25, 0.3) is 0 Å². The second-order valence-electron chi connectivity index (χ2n) is 6.57. The Kier molecular flexibility index (Phi) is 5.53. The highest BCUT2D eigenvalue weighted by atomic mass is 16.5. The van der Waals surface area contributed by atoms with Crippen molar-refractivity contribution >= 4 is 17.3 Å². The fourth-order valence-electron chi connectivity index (χ4n) is 3.18. The zero-order chi connectivity index (χ0) is 17.6. The number of rotatable bonds is 5. The average Bonchev–Trinajstić information content (AvgIpc) is 2.63. The van der Waals surface area contributed by atoms with Crippen molar-refractivity contribution in [1.82, 2.24) is 10.3 Å². The Balaban J connectivity index is 1.65. The molecule has 1 aliphatic carbocycles. The van der Waals surface area contributed by atoms with Crippen LogP contribution < -0.4 is 15.4 Å². The molecule has 5 heteroatoms. The predicted octanol–water partition coefficient (Wildman–Crippen LogP) is 4.20. The van der Waals surface area contributed by atoms with Gasteiger partial charge in [0.1, 0.15) is 11.4 Å². The minimum atomic E-state index is -0.0911. The number of carbonyl (C=O) groups is 1. The third-order valence-corrected chi connectivity index (χ3v) is 4.57. The van der Waals surface area contributed by atoms with Crippen molar-refractivity contribution in [3.8, 4) is 5.75 Å². The molecule has 1 heterocycles. The molecule has 2 aromatic rings. The molecule has 5 nitrogen and oxygen atoms in total. The van der Waals surface area contributed by atoms with Gasteiger partial charge in [-0.15, -0.1) is 0 Å². The van der Waals surface area contributed by atoms with Gasteiger partial charge in [0.05, 0.1) is 24.7 Å². The maximum atomic E-state index is 12.3. The van der Waals surface area contributed by atoms with Gasteiger partial charge < -0.3 is 15.4 Å². The number of carbonyl (C=O) groups excluding carboxylic acids is 1. The van der Waals surface area contributed by atoms with Gasteiger partial charge in [-0.2, -0.15) is 0 Å². The fourth-order valence-corrected chi connectivity index (χ4v) is 3.18. The van der Waals surface area contributed by atoms with E-state index >= 15 is 0 Å². The lowest BCUT2D eigenvalue weighted by Gasteiger charge is -2.22. The Hall–Kier alpha value is -2.56. The largest absolute Gasteiger partial charge is 0.495 e. The van der Waals surface area contributed by atoms with Crippen LogP contribution in [-0.2, 0) is 0 Å². The van der Waals surface area contributed by atoms with Gasteiger partial charge in [0, 0.05) is 6.04 Å². The molecule has 0 radical (unpaired) electrons. The second kappa shape index (κ2) is 8.01. The van der Waals surface area contributed by atoms with E-state index in [2.05, 4.69) is 15.6 Å². The standard InChI is InChI=1S/C20H25N3O2/c1-14-8-11-19(25-2)18(12-14)22-16-9-10-17(21-13-16)20(24)23-15-6-4-3-5-7-15/h8-13,15,22H,3-7H2,1-2H3,(H,23,24). The molecule has 1 aliphatic rings. The molecule has 0 saturated heterocycles. The molecule has 1 fully saturated rings. The van der Waals surface area contributed by atoms with Crippen LogP contribution in [0, 0.1) is 6.92 Å². The highest BCUT2D eigenvalue weighted by Crippen LogP contribution is 2.28. The van der Waals surface area contributed by atoms with Gasteiger partial charge in [-0.1, -0.05) is 25.3 Å². The summed E-state index contributed by atoms with van der Waals surface area (Å²) in [4.78, 5) is 16.6. The van der Waals surface area contributed by atoms with E-state index in [0.717, 1.165) is 35.5 Å². The van der Waals surface area contributed by atoms with Crippen LogP contribution in [0.15, 0.2) is 36.5 Å². The van der Waals surface area contributed by atoms with Gasteiger partial charge in [-0.3, -0.25) is 4.79 Å². The smallest absolute Gasteiger partial charge is 0.270 e. The summed E-state index contributed by atoms with van der Waals surface area (Å²) >= 11 is 0. The van der Waals surface area contributed by atoms with E-state index in [1.807, 2.05) is 31.2 Å². The number of anilines is 2. The molecule has 0 unspecified atom stereocenters. The molecule has 132 valence electrons. The van der Waals surface area contributed by atoms with E-state index in [1.54, 1.807) is 19.4 Å². The molecular weight excluding hydrogens is 314 g/mol. The molecule has 1 amide bonds. The van der Waals surface area contributed by atoms with Gasteiger partial charge in [0.2, 0.25) is 0 Å². The maximum Gasteiger partial charge on any atom is 0.270 e. The van der Waals surface area contributed by atoms with Gasteiger partial charge >= 0.3 is 0 Å². The summed E-state index contributed by atoms with van der Waals surface area (Å²) in [5.74, 6) is 0.677. The summed E-state index contributed by atoms with van der Waals surface area (Å²) in [6.45, 7) is 2.03. The molecule has 1 aromatic heterocycles. The number of ether oxygens (including phenoxy) is 1. The number of hydrogen-bond donors (Lipinski definition) is 2. The van der Waals surface area contributed by atoms with Crippen molar-refractivity contribution < 1.29 is 9.53 Å². The summed E-state index contributed by atoms with van der Waals surface area (Å²) in [5.41, 5.74) is 3.29. The Morgan fingerprint density at radius 3 is 2.64 bits per heavy atom. The molecule has 0 atom stereocenters. The van der Waals surface area contributed by atoms with Gasteiger partial charge in [0.15, 0.2) is 0 Å². The minimum Gasteiger partial charge on any atom is -0.495 e.